The second-order valence-electron chi connectivity index (χ2n) is 7.36. The highest BCUT2D eigenvalue weighted by Gasteiger charge is 2.26. The molecule has 0 aliphatic carbocycles. The summed E-state index contributed by atoms with van der Waals surface area (Å²) >= 11 is 0. The number of hydrogen-bond acceptors (Lipinski definition) is 4. The second kappa shape index (κ2) is 10.0. The molecule has 7 heteroatoms. The van der Waals surface area contributed by atoms with E-state index in [9.17, 15) is 4.79 Å². The topological polar surface area (TPSA) is 92.8 Å². The van der Waals surface area contributed by atoms with Crippen LogP contribution in [0.1, 0.15) is 35.5 Å². The van der Waals surface area contributed by atoms with Crippen LogP contribution in [0, 0.1) is 0 Å². The Bertz CT molecular complexity index is 813. The summed E-state index contributed by atoms with van der Waals surface area (Å²) in [7, 11) is 0. The highest BCUT2D eigenvalue weighted by molar-refractivity contribution is 5.94. The van der Waals surface area contributed by atoms with Crippen LogP contribution in [0.15, 0.2) is 53.7 Å². The van der Waals surface area contributed by atoms with Gasteiger partial charge in [-0.2, -0.15) is 0 Å². The lowest BCUT2D eigenvalue weighted by atomic mass is 10.1. The van der Waals surface area contributed by atoms with Crippen LogP contribution in [0.25, 0.3) is 0 Å². The van der Waals surface area contributed by atoms with Gasteiger partial charge in [-0.1, -0.05) is 18.2 Å². The van der Waals surface area contributed by atoms with Crippen molar-refractivity contribution in [2.75, 3.05) is 19.6 Å². The SMILES string of the molecule is CC1CN(C(=O)c2ccc(CN=C(N)NCCc3ccccn3)cc2)CC(C)O1. The van der Waals surface area contributed by atoms with E-state index in [1.807, 2.05) is 61.2 Å². The van der Waals surface area contributed by atoms with Gasteiger partial charge in [0, 0.05) is 43.5 Å². The standard InChI is InChI=1S/C22H29N5O2/c1-16-14-27(15-17(2)29-16)21(28)19-8-6-18(7-9-19)13-26-22(23)25-12-10-20-5-3-4-11-24-20/h3-9,11,16-17H,10,12-15H2,1-2H3,(H3,23,25,26). The minimum absolute atomic E-state index is 0.0396. The van der Waals surface area contributed by atoms with Crippen LogP contribution in [0.2, 0.25) is 0 Å². The van der Waals surface area contributed by atoms with E-state index >= 15 is 0 Å². The van der Waals surface area contributed by atoms with Crippen molar-refractivity contribution in [2.45, 2.75) is 39.0 Å². The summed E-state index contributed by atoms with van der Waals surface area (Å²) in [5, 5.41) is 3.10. The van der Waals surface area contributed by atoms with Gasteiger partial charge in [-0.3, -0.25) is 9.78 Å². The van der Waals surface area contributed by atoms with Crippen molar-refractivity contribution < 1.29 is 9.53 Å². The fraction of sp³-hybridized carbons (Fsp3) is 0.409. The number of rotatable bonds is 6. The van der Waals surface area contributed by atoms with E-state index in [0.29, 0.717) is 37.7 Å². The van der Waals surface area contributed by atoms with Crippen molar-refractivity contribution >= 4 is 11.9 Å². The monoisotopic (exact) mass is 395 g/mol. The van der Waals surface area contributed by atoms with Crippen LogP contribution in [-0.4, -0.2) is 53.6 Å². The van der Waals surface area contributed by atoms with Crippen molar-refractivity contribution in [3.63, 3.8) is 0 Å². The molecule has 1 amide bonds. The molecule has 0 bridgehead atoms. The molecule has 3 N–H and O–H groups in total. The summed E-state index contributed by atoms with van der Waals surface area (Å²) in [6, 6.07) is 13.4. The summed E-state index contributed by atoms with van der Waals surface area (Å²) in [6.45, 7) is 6.36. The molecule has 3 rings (SSSR count). The van der Waals surface area contributed by atoms with Crippen LogP contribution in [0.5, 0.6) is 0 Å². The first-order chi connectivity index (χ1) is 14.0. The molecule has 1 aliphatic rings. The zero-order chi connectivity index (χ0) is 20.6. The number of carbonyl (C=O) groups excluding carboxylic acids is 1. The Morgan fingerprint density at radius 3 is 2.59 bits per heavy atom. The number of carbonyl (C=O) groups is 1. The average molecular weight is 396 g/mol. The van der Waals surface area contributed by atoms with Gasteiger partial charge in [0.2, 0.25) is 0 Å². The van der Waals surface area contributed by atoms with Crippen molar-refractivity contribution in [3.05, 3.63) is 65.5 Å². The molecule has 2 atom stereocenters. The first-order valence-electron chi connectivity index (χ1n) is 9.98. The highest BCUT2D eigenvalue weighted by Crippen LogP contribution is 2.15. The van der Waals surface area contributed by atoms with E-state index in [0.717, 1.165) is 17.7 Å². The van der Waals surface area contributed by atoms with Crippen molar-refractivity contribution in [3.8, 4) is 0 Å². The van der Waals surface area contributed by atoms with Gasteiger partial charge >= 0.3 is 0 Å². The summed E-state index contributed by atoms with van der Waals surface area (Å²) in [5.41, 5.74) is 8.63. The number of nitrogens with two attached hydrogens (primary N) is 1. The fourth-order valence-electron chi connectivity index (χ4n) is 3.38. The van der Waals surface area contributed by atoms with Gasteiger partial charge in [-0.05, 0) is 43.7 Å². The lowest BCUT2D eigenvalue weighted by molar-refractivity contribution is -0.0586. The van der Waals surface area contributed by atoms with Gasteiger partial charge in [-0.15, -0.1) is 0 Å². The van der Waals surface area contributed by atoms with E-state index in [2.05, 4.69) is 15.3 Å². The summed E-state index contributed by atoms with van der Waals surface area (Å²) in [4.78, 5) is 23.2. The Labute approximate surface area is 172 Å². The molecule has 1 aliphatic heterocycles. The molecule has 1 aromatic heterocycles. The summed E-state index contributed by atoms with van der Waals surface area (Å²) in [5.74, 6) is 0.440. The zero-order valence-electron chi connectivity index (χ0n) is 17.0. The number of aromatic nitrogens is 1. The third kappa shape index (κ3) is 6.29. The van der Waals surface area contributed by atoms with Crippen LogP contribution in [0.4, 0.5) is 0 Å². The van der Waals surface area contributed by atoms with E-state index in [-0.39, 0.29) is 18.1 Å². The Hall–Kier alpha value is -2.93. The first kappa shape index (κ1) is 20.8. The molecular formula is C22H29N5O2. The van der Waals surface area contributed by atoms with Crippen molar-refractivity contribution in [2.24, 2.45) is 10.7 Å². The maximum Gasteiger partial charge on any atom is 0.254 e. The minimum atomic E-state index is 0.0396. The first-order valence-corrected chi connectivity index (χ1v) is 9.98. The number of pyridine rings is 1. The highest BCUT2D eigenvalue weighted by atomic mass is 16.5. The zero-order valence-corrected chi connectivity index (χ0v) is 17.0. The molecule has 2 unspecified atom stereocenters. The van der Waals surface area contributed by atoms with Gasteiger partial charge in [0.1, 0.15) is 0 Å². The number of aliphatic imine (C=N–C) groups is 1. The van der Waals surface area contributed by atoms with Crippen molar-refractivity contribution in [1.82, 2.24) is 15.2 Å². The molecule has 154 valence electrons. The maximum absolute atomic E-state index is 12.7. The predicted octanol–water partition coefficient (Wildman–Crippen LogP) is 1.98. The Balaban J connectivity index is 1.48. The number of morpholine rings is 1. The van der Waals surface area contributed by atoms with Crippen molar-refractivity contribution in [1.29, 1.82) is 0 Å². The predicted molar refractivity (Wildman–Crippen MR) is 114 cm³/mol. The molecular weight excluding hydrogens is 366 g/mol. The minimum Gasteiger partial charge on any atom is -0.372 e. The Kier molecular flexibility index (Phi) is 7.19. The maximum atomic E-state index is 12.7. The molecule has 0 radical (unpaired) electrons. The van der Waals surface area contributed by atoms with E-state index < -0.39 is 0 Å². The third-order valence-electron chi connectivity index (χ3n) is 4.75. The molecule has 1 aromatic carbocycles. The van der Waals surface area contributed by atoms with E-state index in [1.54, 1.807) is 6.20 Å². The van der Waals surface area contributed by atoms with Crippen LogP contribution in [0.3, 0.4) is 0 Å². The molecule has 0 spiro atoms. The lowest BCUT2D eigenvalue weighted by Gasteiger charge is -2.35. The Morgan fingerprint density at radius 2 is 1.93 bits per heavy atom. The van der Waals surface area contributed by atoms with Crippen LogP contribution >= 0.6 is 0 Å². The number of nitrogens with zero attached hydrogens (tertiary/aromatic N) is 3. The second-order valence-corrected chi connectivity index (χ2v) is 7.36. The van der Waals surface area contributed by atoms with Gasteiger partial charge in [0.15, 0.2) is 5.96 Å². The Morgan fingerprint density at radius 1 is 1.21 bits per heavy atom. The molecule has 7 nitrogen and oxygen atoms in total. The number of ether oxygens (including phenoxy) is 1. The number of guanidine groups is 1. The fourth-order valence-corrected chi connectivity index (χ4v) is 3.38. The molecule has 2 aromatic rings. The molecule has 1 fully saturated rings. The van der Waals surface area contributed by atoms with Crippen LogP contribution < -0.4 is 11.1 Å². The third-order valence-corrected chi connectivity index (χ3v) is 4.75. The largest absolute Gasteiger partial charge is 0.372 e. The summed E-state index contributed by atoms with van der Waals surface area (Å²) in [6.07, 6.45) is 2.68. The summed E-state index contributed by atoms with van der Waals surface area (Å²) < 4.78 is 5.70. The normalized spacial score (nSPS) is 19.8. The van der Waals surface area contributed by atoms with Gasteiger partial charge < -0.3 is 20.7 Å². The quantitative estimate of drug-likeness (QED) is 0.576. The number of hydrogen-bond donors (Lipinski definition) is 2. The smallest absolute Gasteiger partial charge is 0.254 e. The molecule has 0 saturated carbocycles. The van der Waals surface area contributed by atoms with E-state index in [4.69, 9.17) is 10.5 Å². The van der Waals surface area contributed by atoms with Gasteiger partial charge in [-0.25, -0.2) is 4.99 Å². The average Bonchev–Trinajstić information content (AvgIpc) is 2.72. The molecule has 2 heterocycles. The number of nitrogens with one attached hydrogen (secondary N) is 1. The molecule has 29 heavy (non-hydrogen) atoms. The van der Waals surface area contributed by atoms with Crippen LogP contribution in [-0.2, 0) is 17.7 Å². The van der Waals surface area contributed by atoms with Gasteiger partial charge in [0.05, 0.1) is 18.8 Å². The van der Waals surface area contributed by atoms with E-state index in [1.165, 1.54) is 0 Å². The van der Waals surface area contributed by atoms with Gasteiger partial charge in [0.25, 0.3) is 5.91 Å². The molecule has 1 saturated heterocycles. The number of amides is 1. The lowest BCUT2D eigenvalue weighted by Crippen LogP contribution is -2.48. The number of benzene rings is 1.